The lowest BCUT2D eigenvalue weighted by Gasteiger charge is -2.12. The Hall–Kier alpha value is -1.30. The van der Waals surface area contributed by atoms with Gasteiger partial charge in [0.2, 0.25) is 5.91 Å². The minimum atomic E-state index is -0.747. The van der Waals surface area contributed by atoms with Gasteiger partial charge in [-0.25, -0.2) is 8.78 Å². The zero-order valence-electron chi connectivity index (χ0n) is 9.59. The Morgan fingerprint density at radius 2 is 2.00 bits per heavy atom. The fourth-order valence-corrected chi connectivity index (χ4v) is 2.13. The van der Waals surface area contributed by atoms with Crippen LogP contribution in [-0.4, -0.2) is 17.7 Å². The number of hydrogen-bond acceptors (Lipinski definition) is 3. The molecule has 1 atom stereocenters. The van der Waals surface area contributed by atoms with Crippen molar-refractivity contribution in [2.24, 2.45) is 0 Å². The lowest BCUT2D eigenvalue weighted by Crippen LogP contribution is -2.30. The SMILES string of the molecule is CCNC(=O)C(C)Sc1c(F)cc(N)cc1F. The van der Waals surface area contributed by atoms with Crippen LogP contribution >= 0.6 is 11.8 Å². The maximum atomic E-state index is 13.4. The average molecular weight is 260 g/mol. The molecule has 1 amide bonds. The van der Waals surface area contributed by atoms with Crippen LogP contribution in [0.2, 0.25) is 0 Å². The molecule has 17 heavy (non-hydrogen) atoms. The summed E-state index contributed by atoms with van der Waals surface area (Å²) >= 11 is 0.836. The molecule has 6 heteroatoms. The highest BCUT2D eigenvalue weighted by molar-refractivity contribution is 8.00. The Labute approximate surface area is 103 Å². The number of benzene rings is 1. The summed E-state index contributed by atoms with van der Waals surface area (Å²) < 4.78 is 26.9. The minimum Gasteiger partial charge on any atom is -0.399 e. The summed E-state index contributed by atoms with van der Waals surface area (Å²) in [4.78, 5) is 11.3. The van der Waals surface area contributed by atoms with Crippen LogP contribution in [0.3, 0.4) is 0 Å². The van der Waals surface area contributed by atoms with Crippen LogP contribution in [-0.2, 0) is 4.79 Å². The first-order valence-electron chi connectivity index (χ1n) is 5.14. The van der Waals surface area contributed by atoms with E-state index in [9.17, 15) is 13.6 Å². The monoisotopic (exact) mass is 260 g/mol. The summed E-state index contributed by atoms with van der Waals surface area (Å²) in [7, 11) is 0. The Bertz CT molecular complexity index is 403. The molecule has 1 aromatic rings. The Morgan fingerprint density at radius 3 is 2.47 bits per heavy atom. The standard InChI is InChI=1S/C11H14F2N2OS/c1-3-15-11(16)6(2)17-10-8(12)4-7(14)5-9(10)13/h4-6H,3,14H2,1-2H3,(H,15,16). The van der Waals surface area contributed by atoms with Crippen molar-refractivity contribution in [2.45, 2.75) is 24.0 Å². The third-order valence-electron chi connectivity index (χ3n) is 2.04. The van der Waals surface area contributed by atoms with Crippen molar-refractivity contribution in [1.29, 1.82) is 0 Å². The number of thioether (sulfide) groups is 1. The molecule has 0 aromatic heterocycles. The van der Waals surface area contributed by atoms with E-state index in [2.05, 4.69) is 5.32 Å². The number of nitrogen functional groups attached to an aromatic ring is 1. The molecule has 0 heterocycles. The van der Waals surface area contributed by atoms with Gasteiger partial charge in [0.15, 0.2) is 0 Å². The highest BCUT2D eigenvalue weighted by atomic mass is 32.2. The fraction of sp³-hybridized carbons (Fsp3) is 0.364. The molecule has 1 rings (SSSR count). The van der Waals surface area contributed by atoms with Crippen LogP contribution in [0.25, 0.3) is 0 Å². The number of nitrogens with two attached hydrogens (primary N) is 1. The largest absolute Gasteiger partial charge is 0.399 e. The second kappa shape index (κ2) is 5.86. The number of rotatable bonds is 4. The highest BCUT2D eigenvalue weighted by Crippen LogP contribution is 2.30. The summed E-state index contributed by atoms with van der Waals surface area (Å²) in [6.07, 6.45) is 0. The van der Waals surface area contributed by atoms with E-state index >= 15 is 0 Å². The molecule has 0 aliphatic heterocycles. The van der Waals surface area contributed by atoms with Crippen molar-refractivity contribution in [3.63, 3.8) is 0 Å². The van der Waals surface area contributed by atoms with E-state index < -0.39 is 16.9 Å². The van der Waals surface area contributed by atoms with Gasteiger partial charge in [0.05, 0.1) is 10.1 Å². The molecule has 1 unspecified atom stereocenters. The van der Waals surface area contributed by atoms with Crippen LogP contribution in [0.1, 0.15) is 13.8 Å². The Morgan fingerprint density at radius 1 is 1.47 bits per heavy atom. The molecule has 3 N–H and O–H groups in total. The van der Waals surface area contributed by atoms with Crippen LogP contribution in [0.5, 0.6) is 0 Å². The third-order valence-corrected chi connectivity index (χ3v) is 3.23. The maximum absolute atomic E-state index is 13.4. The second-order valence-electron chi connectivity index (χ2n) is 3.47. The van der Waals surface area contributed by atoms with Crippen molar-refractivity contribution in [3.05, 3.63) is 23.8 Å². The number of carbonyl (C=O) groups excluding carboxylic acids is 1. The van der Waals surface area contributed by atoms with Gasteiger partial charge in [-0.05, 0) is 26.0 Å². The Balaban J connectivity index is 2.85. The van der Waals surface area contributed by atoms with Crippen molar-refractivity contribution in [3.8, 4) is 0 Å². The minimum absolute atomic E-state index is 0.0232. The van der Waals surface area contributed by atoms with Gasteiger partial charge in [-0.1, -0.05) is 0 Å². The van der Waals surface area contributed by atoms with Crippen molar-refractivity contribution < 1.29 is 13.6 Å². The van der Waals surface area contributed by atoms with E-state index in [1.807, 2.05) is 0 Å². The first kappa shape index (κ1) is 13.8. The van der Waals surface area contributed by atoms with Crippen LogP contribution in [0.15, 0.2) is 17.0 Å². The highest BCUT2D eigenvalue weighted by Gasteiger charge is 2.19. The molecule has 0 saturated carbocycles. The second-order valence-corrected chi connectivity index (χ2v) is 4.82. The smallest absolute Gasteiger partial charge is 0.233 e. The maximum Gasteiger partial charge on any atom is 0.233 e. The number of halogens is 2. The van der Waals surface area contributed by atoms with E-state index in [1.54, 1.807) is 13.8 Å². The first-order valence-corrected chi connectivity index (χ1v) is 6.02. The molecule has 94 valence electrons. The predicted molar refractivity (Wildman–Crippen MR) is 64.8 cm³/mol. The van der Waals surface area contributed by atoms with E-state index in [0.717, 1.165) is 23.9 Å². The van der Waals surface area contributed by atoms with E-state index in [4.69, 9.17) is 5.73 Å². The number of anilines is 1. The molecule has 0 aliphatic rings. The van der Waals surface area contributed by atoms with E-state index in [1.165, 1.54) is 0 Å². The molecule has 1 aromatic carbocycles. The molecule has 0 aliphatic carbocycles. The molecule has 0 fully saturated rings. The van der Waals surface area contributed by atoms with Gasteiger partial charge in [-0.3, -0.25) is 4.79 Å². The average Bonchev–Trinajstić information content (AvgIpc) is 2.23. The van der Waals surface area contributed by atoms with Crippen molar-refractivity contribution in [2.75, 3.05) is 12.3 Å². The summed E-state index contributed by atoms with van der Waals surface area (Å²) in [5.74, 6) is -1.75. The lowest BCUT2D eigenvalue weighted by atomic mass is 10.3. The van der Waals surface area contributed by atoms with Crippen LogP contribution < -0.4 is 11.1 Å². The van der Waals surface area contributed by atoms with Crippen molar-refractivity contribution in [1.82, 2.24) is 5.32 Å². The third kappa shape index (κ3) is 3.59. The van der Waals surface area contributed by atoms with Gasteiger partial charge in [0.25, 0.3) is 0 Å². The van der Waals surface area contributed by atoms with Crippen LogP contribution in [0, 0.1) is 11.6 Å². The van der Waals surface area contributed by atoms with E-state index in [-0.39, 0.29) is 16.5 Å². The molecule has 0 saturated heterocycles. The summed E-state index contributed by atoms with van der Waals surface area (Å²) in [5.41, 5.74) is 5.32. The zero-order valence-corrected chi connectivity index (χ0v) is 10.4. The molecule has 0 bridgehead atoms. The van der Waals surface area contributed by atoms with Gasteiger partial charge < -0.3 is 11.1 Å². The van der Waals surface area contributed by atoms with Crippen molar-refractivity contribution >= 4 is 23.4 Å². The molecular formula is C11H14F2N2OS. The van der Waals surface area contributed by atoms with Gasteiger partial charge in [-0.2, -0.15) is 0 Å². The first-order chi connectivity index (χ1) is 7.95. The summed E-state index contributed by atoms with van der Waals surface area (Å²) in [6, 6.07) is 2.08. The fourth-order valence-electron chi connectivity index (χ4n) is 1.24. The van der Waals surface area contributed by atoms with Gasteiger partial charge in [0.1, 0.15) is 11.6 Å². The molecule has 3 nitrogen and oxygen atoms in total. The molecular weight excluding hydrogens is 246 g/mol. The predicted octanol–water partition coefficient (Wildman–Crippen LogP) is 2.16. The Kier molecular flexibility index (Phi) is 4.74. The normalized spacial score (nSPS) is 12.2. The summed E-state index contributed by atoms with van der Waals surface area (Å²) in [5, 5.41) is 2.02. The topological polar surface area (TPSA) is 55.1 Å². The number of hydrogen-bond donors (Lipinski definition) is 2. The van der Waals surface area contributed by atoms with Gasteiger partial charge >= 0.3 is 0 Å². The number of carbonyl (C=O) groups is 1. The zero-order chi connectivity index (χ0) is 13.0. The van der Waals surface area contributed by atoms with Crippen LogP contribution in [0.4, 0.5) is 14.5 Å². The number of amides is 1. The van der Waals surface area contributed by atoms with E-state index in [0.29, 0.717) is 6.54 Å². The summed E-state index contributed by atoms with van der Waals surface area (Å²) in [6.45, 7) is 3.85. The molecule has 0 radical (unpaired) electrons. The van der Waals surface area contributed by atoms with Gasteiger partial charge in [-0.15, -0.1) is 11.8 Å². The quantitative estimate of drug-likeness (QED) is 0.644. The van der Waals surface area contributed by atoms with Gasteiger partial charge in [0, 0.05) is 12.2 Å². The lowest BCUT2D eigenvalue weighted by molar-refractivity contribution is -0.120. The number of nitrogens with one attached hydrogen (secondary N) is 1. The molecule has 0 spiro atoms.